The molecule has 0 aliphatic carbocycles. The van der Waals surface area contributed by atoms with Crippen molar-refractivity contribution in [2.45, 2.75) is 19.8 Å². The van der Waals surface area contributed by atoms with Crippen LogP contribution in [0.4, 0.5) is 10.7 Å². The fourth-order valence-corrected chi connectivity index (χ4v) is 5.82. The first-order valence-electron chi connectivity index (χ1n) is 9.83. The number of aryl methyl sites for hydroxylation is 3. The van der Waals surface area contributed by atoms with E-state index in [9.17, 15) is 18.7 Å². The van der Waals surface area contributed by atoms with E-state index in [2.05, 4.69) is 0 Å². The maximum Gasteiger partial charge on any atom is 0.335 e. The van der Waals surface area contributed by atoms with Gasteiger partial charge in [0.15, 0.2) is 0 Å². The molecule has 0 saturated heterocycles. The molecule has 32 heavy (non-hydrogen) atoms. The van der Waals surface area contributed by atoms with Crippen molar-refractivity contribution in [3.8, 4) is 0 Å². The van der Waals surface area contributed by atoms with Gasteiger partial charge in [0, 0.05) is 9.72 Å². The minimum atomic E-state index is -2.50. The summed E-state index contributed by atoms with van der Waals surface area (Å²) in [5.41, 5.74) is 3.45. The number of hydrogen-bond donors (Lipinski definition) is 1. The number of carboxylic acid groups (broad SMARTS) is 1. The highest BCUT2D eigenvalue weighted by atomic mass is 35.5. The molecule has 0 bridgehead atoms. The molecule has 0 fully saturated rings. The molecule has 0 aliphatic rings. The van der Waals surface area contributed by atoms with Gasteiger partial charge in [0.1, 0.15) is 5.00 Å². The van der Waals surface area contributed by atoms with Crippen LogP contribution in [-0.4, -0.2) is 19.8 Å². The van der Waals surface area contributed by atoms with E-state index in [1.807, 2.05) is 43.3 Å². The van der Waals surface area contributed by atoms with E-state index in [1.54, 1.807) is 30.3 Å². The molecule has 1 unspecified atom stereocenters. The summed E-state index contributed by atoms with van der Waals surface area (Å²) in [7, 11) is 0. The number of thiophene rings is 1. The molecule has 3 aromatic carbocycles. The van der Waals surface area contributed by atoms with Crippen LogP contribution in [0.2, 0.25) is 5.02 Å². The zero-order valence-corrected chi connectivity index (χ0v) is 19.5. The third kappa shape index (κ3) is 4.56. The first-order valence-corrected chi connectivity index (χ1v) is 12.1. The van der Waals surface area contributed by atoms with Crippen molar-refractivity contribution in [3.63, 3.8) is 0 Å². The largest absolute Gasteiger partial charge is 0.755 e. The Morgan fingerprint density at radius 1 is 1.09 bits per heavy atom. The van der Waals surface area contributed by atoms with E-state index >= 15 is 0 Å². The lowest BCUT2D eigenvalue weighted by atomic mass is 10.00. The van der Waals surface area contributed by atoms with Crippen LogP contribution in [0.1, 0.15) is 27.0 Å². The first-order chi connectivity index (χ1) is 15.3. The summed E-state index contributed by atoms with van der Waals surface area (Å²) >= 11 is 5.01. The van der Waals surface area contributed by atoms with Crippen molar-refractivity contribution in [1.29, 1.82) is 0 Å². The molecule has 1 N–H and O–H groups in total. The van der Waals surface area contributed by atoms with E-state index in [0.29, 0.717) is 34.1 Å². The molecule has 0 aliphatic heterocycles. The van der Waals surface area contributed by atoms with E-state index in [4.69, 9.17) is 11.6 Å². The van der Waals surface area contributed by atoms with Gasteiger partial charge >= 0.3 is 5.97 Å². The lowest BCUT2D eigenvalue weighted by Gasteiger charge is -2.26. The number of halogens is 1. The van der Waals surface area contributed by atoms with Gasteiger partial charge in [-0.1, -0.05) is 41.9 Å². The fourth-order valence-electron chi connectivity index (χ4n) is 3.67. The third-order valence-corrected chi connectivity index (χ3v) is 7.61. The van der Waals surface area contributed by atoms with Crippen molar-refractivity contribution in [3.05, 3.63) is 94.0 Å². The minimum absolute atomic E-state index is 0.303. The van der Waals surface area contributed by atoms with Crippen LogP contribution in [0, 0.1) is 6.92 Å². The number of fused-ring (bicyclic) bond motifs is 1. The second-order valence-electron chi connectivity index (χ2n) is 7.31. The Labute approximate surface area is 197 Å². The Kier molecular flexibility index (Phi) is 6.62. The summed E-state index contributed by atoms with van der Waals surface area (Å²) in [5.74, 6) is -0.940. The number of carbonyl (C=O) groups is 1. The maximum atomic E-state index is 12.1. The molecule has 4 rings (SSSR count). The second kappa shape index (κ2) is 9.42. The molecule has 5 nitrogen and oxygen atoms in total. The van der Waals surface area contributed by atoms with Gasteiger partial charge in [-0.2, -0.15) is 0 Å². The summed E-state index contributed by atoms with van der Waals surface area (Å²) in [5, 5.41) is 11.5. The highest BCUT2D eigenvalue weighted by molar-refractivity contribution is 7.81. The molecule has 4 aromatic rings. The fraction of sp³-hybridized carbons (Fsp3) is 0.125. The number of carboxylic acids is 1. The van der Waals surface area contributed by atoms with Crippen LogP contribution in [0.3, 0.4) is 0 Å². The molecule has 0 spiro atoms. The zero-order valence-electron chi connectivity index (χ0n) is 17.1. The molecule has 1 aromatic heterocycles. The summed E-state index contributed by atoms with van der Waals surface area (Å²) in [6.45, 7) is 1.89. The topological polar surface area (TPSA) is 80.7 Å². The normalized spacial score (nSPS) is 12.1. The molecular formula is C24H19ClNO4S2-. The Morgan fingerprint density at radius 3 is 2.50 bits per heavy atom. The number of rotatable bonds is 7. The number of anilines is 2. The van der Waals surface area contributed by atoms with Crippen molar-refractivity contribution >= 4 is 60.9 Å². The van der Waals surface area contributed by atoms with Gasteiger partial charge in [0.25, 0.3) is 0 Å². The number of nitrogens with zero attached hydrogens (tertiary/aromatic N) is 1. The Balaban J connectivity index is 1.59. The molecule has 0 radical (unpaired) electrons. The van der Waals surface area contributed by atoms with Crippen molar-refractivity contribution in [1.82, 2.24) is 0 Å². The monoisotopic (exact) mass is 484 g/mol. The summed E-state index contributed by atoms with van der Waals surface area (Å²) in [4.78, 5) is 11.4. The highest BCUT2D eigenvalue weighted by Gasteiger charge is 2.18. The van der Waals surface area contributed by atoms with Crippen molar-refractivity contribution in [2.75, 3.05) is 4.31 Å². The lowest BCUT2D eigenvalue weighted by Crippen LogP contribution is -2.19. The van der Waals surface area contributed by atoms with Crippen LogP contribution in [0.5, 0.6) is 0 Å². The van der Waals surface area contributed by atoms with Crippen LogP contribution in [0.15, 0.2) is 66.7 Å². The lowest BCUT2D eigenvalue weighted by molar-refractivity contribution is 0.0695. The first kappa shape index (κ1) is 22.5. The van der Waals surface area contributed by atoms with Gasteiger partial charge in [-0.05, 0) is 78.2 Å². The third-order valence-electron chi connectivity index (χ3n) is 5.31. The molecule has 1 heterocycles. The average molecular weight is 485 g/mol. The number of benzene rings is 3. The summed E-state index contributed by atoms with van der Waals surface area (Å²) in [6, 6.07) is 19.8. The molecule has 8 heteroatoms. The van der Waals surface area contributed by atoms with Crippen LogP contribution < -0.4 is 4.31 Å². The quantitative estimate of drug-likeness (QED) is 0.313. The van der Waals surface area contributed by atoms with Crippen LogP contribution >= 0.6 is 22.9 Å². The second-order valence-corrected chi connectivity index (χ2v) is 9.58. The van der Waals surface area contributed by atoms with Crippen LogP contribution in [0.25, 0.3) is 10.1 Å². The van der Waals surface area contributed by atoms with Crippen LogP contribution in [-0.2, 0) is 24.1 Å². The Morgan fingerprint density at radius 2 is 1.81 bits per heavy atom. The van der Waals surface area contributed by atoms with E-state index < -0.39 is 17.2 Å². The van der Waals surface area contributed by atoms with Crippen molar-refractivity contribution in [2.24, 2.45) is 0 Å². The molecule has 164 valence electrons. The van der Waals surface area contributed by atoms with E-state index in [0.717, 1.165) is 26.8 Å². The van der Waals surface area contributed by atoms with Gasteiger partial charge < -0.3 is 9.66 Å². The number of hydrogen-bond acceptors (Lipinski definition) is 4. The van der Waals surface area contributed by atoms with Gasteiger partial charge in [0.2, 0.25) is 0 Å². The van der Waals surface area contributed by atoms with E-state index in [1.165, 1.54) is 15.6 Å². The van der Waals surface area contributed by atoms with Gasteiger partial charge in [-0.3, -0.25) is 8.51 Å². The number of aromatic carboxylic acids is 1. The predicted molar refractivity (Wildman–Crippen MR) is 130 cm³/mol. The van der Waals surface area contributed by atoms with E-state index in [-0.39, 0.29) is 0 Å². The molecule has 0 amide bonds. The Hall–Kier alpha value is -2.71. The van der Waals surface area contributed by atoms with Gasteiger partial charge in [-0.15, -0.1) is 11.3 Å². The Bertz CT molecular complexity index is 1320. The predicted octanol–water partition coefficient (Wildman–Crippen LogP) is 6.28. The summed E-state index contributed by atoms with van der Waals surface area (Å²) < 4.78 is 26.5. The molecular weight excluding hydrogens is 466 g/mol. The standard InChI is InChI=1S/C24H20ClNO4S2/c1-15-21-14-18(25)10-13-22(21)31-23(15)26(32(29)30)19-11-7-16(8-12-19)6-9-17-4-2-3-5-20(17)24(27)28/h2-5,7-8,10-14H,6,9H2,1H3,(H,27,28)(H,29,30)/p-1. The van der Waals surface area contributed by atoms with Crippen molar-refractivity contribution < 1.29 is 18.7 Å². The van der Waals surface area contributed by atoms with Gasteiger partial charge in [-0.25, -0.2) is 4.79 Å². The average Bonchev–Trinajstić information content (AvgIpc) is 3.08. The SMILES string of the molecule is Cc1c(N(c2ccc(CCc3ccccc3C(=O)O)cc2)S(=O)[O-])sc2ccc(Cl)cc12. The maximum absolute atomic E-state index is 12.1. The highest BCUT2D eigenvalue weighted by Crippen LogP contribution is 2.42. The summed E-state index contributed by atoms with van der Waals surface area (Å²) in [6.07, 6.45) is 1.22. The molecule has 1 atom stereocenters. The molecule has 0 saturated carbocycles. The van der Waals surface area contributed by atoms with Gasteiger partial charge in [0.05, 0.1) is 22.5 Å². The minimum Gasteiger partial charge on any atom is -0.755 e. The zero-order chi connectivity index (χ0) is 22.8. The smallest absolute Gasteiger partial charge is 0.335 e.